The lowest BCUT2D eigenvalue weighted by Gasteiger charge is -2.38. The molecule has 1 aromatic rings. The van der Waals surface area contributed by atoms with Crippen LogP contribution in [0.25, 0.3) is 0 Å². The highest BCUT2D eigenvalue weighted by molar-refractivity contribution is 9.10. The average Bonchev–Trinajstić information content (AvgIpc) is 2.15. The van der Waals surface area contributed by atoms with Crippen molar-refractivity contribution >= 4 is 22.0 Å². The zero-order chi connectivity index (χ0) is 13.2. The van der Waals surface area contributed by atoms with Crippen LogP contribution in [-0.2, 0) is 0 Å². The van der Waals surface area contributed by atoms with Gasteiger partial charge in [-0.1, -0.05) is 28.1 Å². The fraction of sp³-hybridized carbons (Fsp3) is 0.462. The van der Waals surface area contributed by atoms with E-state index in [1.165, 1.54) is 4.90 Å². The molecule has 0 aliphatic rings. The summed E-state index contributed by atoms with van der Waals surface area (Å²) in [5, 5.41) is 9.31. The SMILES string of the molecule is CC(c1ccc(Br)cc1)N(C(=O)O)C(C)(C)C. The van der Waals surface area contributed by atoms with E-state index in [0.29, 0.717) is 0 Å². The predicted octanol–water partition coefficient (Wildman–Crippen LogP) is 4.29. The molecule has 0 aliphatic heterocycles. The number of hydrogen-bond donors (Lipinski definition) is 1. The van der Waals surface area contributed by atoms with Gasteiger partial charge in [0.1, 0.15) is 0 Å². The Kier molecular flexibility index (Phi) is 4.20. The normalized spacial score (nSPS) is 13.2. The van der Waals surface area contributed by atoms with E-state index in [4.69, 9.17) is 0 Å². The van der Waals surface area contributed by atoms with Gasteiger partial charge in [-0.2, -0.15) is 0 Å². The molecular formula is C13H18BrNO2. The second-order valence-electron chi connectivity index (χ2n) is 5.05. The van der Waals surface area contributed by atoms with Crippen LogP contribution in [0.5, 0.6) is 0 Å². The van der Waals surface area contributed by atoms with Crippen molar-refractivity contribution in [3.05, 3.63) is 34.3 Å². The van der Waals surface area contributed by atoms with Gasteiger partial charge in [0.2, 0.25) is 0 Å². The first-order valence-electron chi connectivity index (χ1n) is 5.51. The topological polar surface area (TPSA) is 40.5 Å². The van der Waals surface area contributed by atoms with Crippen LogP contribution in [0, 0.1) is 0 Å². The molecule has 0 saturated heterocycles. The Morgan fingerprint density at radius 1 is 1.29 bits per heavy atom. The van der Waals surface area contributed by atoms with Crippen molar-refractivity contribution in [1.29, 1.82) is 0 Å². The zero-order valence-corrected chi connectivity index (χ0v) is 12.2. The molecule has 1 atom stereocenters. The Labute approximate surface area is 111 Å². The number of amides is 1. The summed E-state index contributed by atoms with van der Waals surface area (Å²) in [6, 6.07) is 7.57. The van der Waals surface area contributed by atoms with E-state index in [9.17, 15) is 9.90 Å². The lowest BCUT2D eigenvalue weighted by Crippen LogP contribution is -2.46. The molecule has 1 amide bonds. The van der Waals surface area contributed by atoms with Crippen molar-refractivity contribution in [3.63, 3.8) is 0 Å². The zero-order valence-electron chi connectivity index (χ0n) is 10.6. The van der Waals surface area contributed by atoms with E-state index in [2.05, 4.69) is 15.9 Å². The van der Waals surface area contributed by atoms with Crippen molar-refractivity contribution in [2.24, 2.45) is 0 Å². The summed E-state index contributed by atoms with van der Waals surface area (Å²) >= 11 is 3.37. The Bertz CT molecular complexity index is 395. The number of rotatable bonds is 2. The molecule has 0 bridgehead atoms. The van der Waals surface area contributed by atoms with E-state index >= 15 is 0 Å². The number of benzene rings is 1. The molecule has 3 nitrogen and oxygen atoms in total. The summed E-state index contributed by atoms with van der Waals surface area (Å²) in [5.41, 5.74) is 0.573. The average molecular weight is 300 g/mol. The molecule has 0 aliphatic carbocycles. The highest BCUT2D eigenvalue weighted by atomic mass is 79.9. The van der Waals surface area contributed by atoms with Crippen molar-refractivity contribution in [1.82, 2.24) is 4.90 Å². The summed E-state index contributed by atoms with van der Waals surface area (Å²) in [6.45, 7) is 7.60. The molecule has 0 radical (unpaired) electrons. The maximum absolute atomic E-state index is 11.3. The van der Waals surface area contributed by atoms with E-state index in [1.54, 1.807) is 0 Å². The molecule has 1 unspecified atom stereocenters. The van der Waals surface area contributed by atoms with Crippen LogP contribution >= 0.6 is 15.9 Å². The summed E-state index contributed by atoms with van der Waals surface area (Å²) in [4.78, 5) is 12.8. The summed E-state index contributed by atoms with van der Waals surface area (Å²) in [5.74, 6) is 0. The lowest BCUT2D eigenvalue weighted by atomic mass is 10.00. The standard InChI is InChI=1S/C13H18BrNO2/c1-9(10-5-7-11(14)8-6-10)15(12(16)17)13(2,3)4/h5-9H,1-4H3,(H,16,17). The van der Waals surface area contributed by atoms with Gasteiger partial charge in [-0.25, -0.2) is 4.79 Å². The molecule has 4 heteroatoms. The minimum Gasteiger partial charge on any atom is -0.465 e. The third-order valence-corrected chi connectivity index (χ3v) is 3.20. The van der Waals surface area contributed by atoms with Crippen molar-refractivity contribution in [2.75, 3.05) is 0 Å². The second kappa shape index (κ2) is 5.08. The fourth-order valence-corrected chi connectivity index (χ4v) is 2.19. The van der Waals surface area contributed by atoms with Gasteiger partial charge >= 0.3 is 6.09 Å². The van der Waals surface area contributed by atoms with Crippen LogP contribution < -0.4 is 0 Å². The van der Waals surface area contributed by atoms with Crippen LogP contribution in [0.1, 0.15) is 39.3 Å². The summed E-state index contributed by atoms with van der Waals surface area (Å²) in [6.07, 6.45) is -0.895. The van der Waals surface area contributed by atoms with Crippen LogP contribution in [0.15, 0.2) is 28.7 Å². The quantitative estimate of drug-likeness (QED) is 0.885. The van der Waals surface area contributed by atoms with Gasteiger partial charge in [0, 0.05) is 10.0 Å². The highest BCUT2D eigenvalue weighted by Crippen LogP contribution is 2.28. The van der Waals surface area contributed by atoms with Crippen LogP contribution in [0.4, 0.5) is 4.79 Å². The second-order valence-corrected chi connectivity index (χ2v) is 5.97. The molecule has 94 valence electrons. The molecule has 1 rings (SSSR count). The third kappa shape index (κ3) is 3.46. The molecule has 0 aromatic heterocycles. The Balaban J connectivity index is 3.04. The number of hydrogen-bond acceptors (Lipinski definition) is 1. The third-order valence-electron chi connectivity index (χ3n) is 2.67. The first-order chi connectivity index (χ1) is 7.73. The van der Waals surface area contributed by atoms with Crippen molar-refractivity contribution < 1.29 is 9.90 Å². The van der Waals surface area contributed by atoms with Gasteiger partial charge in [0.05, 0.1) is 6.04 Å². The maximum atomic E-state index is 11.3. The van der Waals surface area contributed by atoms with Gasteiger partial charge in [0.25, 0.3) is 0 Å². The van der Waals surface area contributed by atoms with E-state index in [-0.39, 0.29) is 6.04 Å². The predicted molar refractivity (Wildman–Crippen MR) is 72.2 cm³/mol. The minimum atomic E-state index is -0.895. The van der Waals surface area contributed by atoms with Crippen LogP contribution in [-0.4, -0.2) is 21.6 Å². The minimum absolute atomic E-state index is 0.166. The first kappa shape index (κ1) is 14.0. The summed E-state index contributed by atoms with van der Waals surface area (Å²) in [7, 11) is 0. The van der Waals surface area contributed by atoms with E-state index < -0.39 is 11.6 Å². The van der Waals surface area contributed by atoms with E-state index in [1.807, 2.05) is 52.0 Å². The molecule has 0 fully saturated rings. The Morgan fingerprint density at radius 3 is 2.12 bits per heavy atom. The number of carboxylic acid groups (broad SMARTS) is 1. The van der Waals surface area contributed by atoms with Gasteiger partial charge in [-0.15, -0.1) is 0 Å². The van der Waals surface area contributed by atoms with Crippen molar-refractivity contribution in [3.8, 4) is 0 Å². The van der Waals surface area contributed by atoms with Gasteiger partial charge < -0.3 is 5.11 Å². The molecule has 0 heterocycles. The van der Waals surface area contributed by atoms with Gasteiger partial charge in [0.15, 0.2) is 0 Å². The largest absolute Gasteiger partial charge is 0.465 e. The Morgan fingerprint density at radius 2 is 1.76 bits per heavy atom. The smallest absolute Gasteiger partial charge is 0.408 e. The van der Waals surface area contributed by atoms with Crippen LogP contribution in [0.2, 0.25) is 0 Å². The lowest BCUT2D eigenvalue weighted by molar-refractivity contribution is 0.0753. The number of halogens is 1. The number of nitrogens with zero attached hydrogens (tertiary/aromatic N) is 1. The first-order valence-corrected chi connectivity index (χ1v) is 6.30. The maximum Gasteiger partial charge on any atom is 0.408 e. The molecule has 1 aromatic carbocycles. The molecule has 17 heavy (non-hydrogen) atoms. The Hall–Kier alpha value is -1.03. The van der Waals surface area contributed by atoms with Crippen LogP contribution in [0.3, 0.4) is 0 Å². The highest BCUT2D eigenvalue weighted by Gasteiger charge is 2.31. The van der Waals surface area contributed by atoms with E-state index in [0.717, 1.165) is 10.0 Å². The fourth-order valence-electron chi connectivity index (χ4n) is 1.92. The monoisotopic (exact) mass is 299 g/mol. The van der Waals surface area contributed by atoms with Gasteiger partial charge in [-0.3, -0.25) is 4.90 Å². The number of carbonyl (C=O) groups is 1. The van der Waals surface area contributed by atoms with Gasteiger partial charge in [-0.05, 0) is 45.4 Å². The summed E-state index contributed by atoms with van der Waals surface area (Å²) < 4.78 is 0.992. The molecular weight excluding hydrogens is 282 g/mol. The van der Waals surface area contributed by atoms with Crippen molar-refractivity contribution in [2.45, 2.75) is 39.3 Å². The molecule has 0 saturated carbocycles. The molecule has 1 N–H and O–H groups in total. The molecule has 0 spiro atoms.